The normalized spacial score (nSPS) is 10.3. The molecule has 138 valence electrons. The van der Waals surface area contributed by atoms with E-state index in [9.17, 15) is 4.79 Å². The molecule has 0 saturated carbocycles. The standard InChI is InChI=1S/C20H15N5O2S/c26-20(27-17-7-10-28-13-17)24-16-5-1-4-15(11-16)23-19-22-9-6-18(25-19)14-3-2-8-21-12-14/h1-13H,(H,24,26)(H,22,23,25). The number of benzene rings is 1. The van der Waals surface area contributed by atoms with Crippen molar-refractivity contribution in [1.29, 1.82) is 0 Å². The molecular weight excluding hydrogens is 374 g/mol. The number of amides is 1. The molecule has 0 saturated heterocycles. The van der Waals surface area contributed by atoms with Crippen molar-refractivity contribution in [2.75, 3.05) is 10.6 Å². The Kier molecular flexibility index (Phi) is 5.21. The summed E-state index contributed by atoms with van der Waals surface area (Å²) in [5.74, 6) is 0.955. The highest BCUT2D eigenvalue weighted by atomic mass is 32.1. The number of nitrogens with zero attached hydrogens (tertiary/aromatic N) is 3. The van der Waals surface area contributed by atoms with Gasteiger partial charge in [0.1, 0.15) is 5.75 Å². The van der Waals surface area contributed by atoms with Crippen molar-refractivity contribution in [3.05, 3.63) is 77.9 Å². The molecule has 2 N–H and O–H groups in total. The molecule has 8 heteroatoms. The van der Waals surface area contributed by atoms with Crippen LogP contribution in [0.4, 0.5) is 22.1 Å². The second-order valence-corrected chi connectivity index (χ2v) is 6.47. The molecule has 0 atom stereocenters. The summed E-state index contributed by atoms with van der Waals surface area (Å²) in [5, 5.41) is 9.43. The molecule has 0 radical (unpaired) electrons. The summed E-state index contributed by atoms with van der Waals surface area (Å²) < 4.78 is 5.19. The predicted molar refractivity (Wildman–Crippen MR) is 109 cm³/mol. The van der Waals surface area contributed by atoms with Crippen LogP contribution in [-0.2, 0) is 0 Å². The van der Waals surface area contributed by atoms with Gasteiger partial charge >= 0.3 is 6.09 Å². The number of carbonyl (C=O) groups excluding carboxylic acids is 1. The van der Waals surface area contributed by atoms with Gasteiger partial charge in [0.05, 0.1) is 5.69 Å². The molecule has 7 nitrogen and oxygen atoms in total. The van der Waals surface area contributed by atoms with E-state index in [1.165, 1.54) is 11.3 Å². The Labute approximate surface area is 165 Å². The predicted octanol–water partition coefficient (Wildman–Crippen LogP) is 4.95. The largest absolute Gasteiger partial charge is 0.417 e. The maximum Gasteiger partial charge on any atom is 0.417 e. The average molecular weight is 389 g/mol. The molecule has 0 aliphatic heterocycles. The topological polar surface area (TPSA) is 89.0 Å². The lowest BCUT2D eigenvalue weighted by Gasteiger charge is -2.09. The van der Waals surface area contributed by atoms with Gasteiger partial charge in [-0.2, -0.15) is 0 Å². The van der Waals surface area contributed by atoms with Crippen LogP contribution in [0.3, 0.4) is 0 Å². The fourth-order valence-electron chi connectivity index (χ4n) is 2.46. The van der Waals surface area contributed by atoms with Crippen molar-refractivity contribution in [2.45, 2.75) is 0 Å². The van der Waals surface area contributed by atoms with Crippen molar-refractivity contribution in [3.8, 4) is 17.0 Å². The molecule has 0 spiro atoms. The number of anilines is 3. The van der Waals surface area contributed by atoms with E-state index in [1.807, 2.05) is 35.7 Å². The first-order chi connectivity index (χ1) is 13.8. The molecule has 1 amide bonds. The van der Waals surface area contributed by atoms with Crippen LogP contribution in [0.25, 0.3) is 11.3 Å². The third-order valence-corrected chi connectivity index (χ3v) is 4.35. The Morgan fingerprint density at radius 3 is 2.79 bits per heavy atom. The fourth-order valence-corrected chi connectivity index (χ4v) is 3.01. The van der Waals surface area contributed by atoms with Crippen LogP contribution in [0, 0.1) is 0 Å². The Morgan fingerprint density at radius 2 is 1.96 bits per heavy atom. The number of nitrogens with one attached hydrogen (secondary N) is 2. The lowest BCUT2D eigenvalue weighted by Crippen LogP contribution is -2.16. The molecule has 0 bridgehead atoms. The lowest BCUT2D eigenvalue weighted by molar-refractivity contribution is 0.215. The smallest absolute Gasteiger partial charge is 0.409 e. The van der Waals surface area contributed by atoms with Crippen molar-refractivity contribution in [3.63, 3.8) is 0 Å². The minimum atomic E-state index is -0.551. The highest BCUT2D eigenvalue weighted by molar-refractivity contribution is 7.08. The number of hydrogen-bond acceptors (Lipinski definition) is 7. The van der Waals surface area contributed by atoms with Crippen molar-refractivity contribution >= 4 is 34.8 Å². The first kappa shape index (κ1) is 17.6. The Balaban J connectivity index is 1.46. The summed E-state index contributed by atoms with van der Waals surface area (Å²) >= 11 is 1.46. The molecule has 4 aromatic rings. The first-order valence-electron chi connectivity index (χ1n) is 8.38. The van der Waals surface area contributed by atoms with E-state index in [0.29, 0.717) is 17.4 Å². The zero-order chi connectivity index (χ0) is 19.2. The van der Waals surface area contributed by atoms with Gasteiger partial charge in [0.15, 0.2) is 0 Å². The van der Waals surface area contributed by atoms with Crippen LogP contribution >= 0.6 is 11.3 Å². The third kappa shape index (κ3) is 4.49. The van der Waals surface area contributed by atoms with Crippen LogP contribution in [0.2, 0.25) is 0 Å². The molecular formula is C20H15N5O2S. The zero-order valence-electron chi connectivity index (χ0n) is 14.6. The maximum atomic E-state index is 12.0. The van der Waals surface area contributed by atoms with Gasteiger partial charge in [-0.15, -0.1) is 11.3 Å². The van der Waals surface area contributed by atoms with Crippen molar-refractivity contribution in [1.82, 2.24) is 15.0 Å². The number of aromatic nitrogens is 3. The number of pyridine rings is 1. The van der Waals surface area contributed by atoms with E-state index >= 15 is 0 Å². The van der Waals surface area contributed by atoms with Gasteiger partial charge in [-0.3, -0.25) is 10.3 Å². The van der Waals surface area contributed by atoms with E-state index in [2.05, 4.69) is 25.6 Å². The molecule has 0 fully saturated rings. The van der Waals surface area contributed by atoms with E-state index in [1.54, 1.807) is 42.2 Å². The third-order valence-electron chi connectivity index (χ3n) is 3.68. The Morgan fingerprint density at radius 1 is 1.04 bits per heavy atom. The van der Waals surface area contributed by atoms with Gasteiger partial charge in [-0.05, 0) is 47.8 Å². The molecule has 0 aliphatic carbocycles. The van der Waals surface area contributed by atoms with Crippen LogP contribution in [-0.4, -0.2) is 21.0 Å². The first-order valence-corrected chi connectivity index (χ1v) is 9.32. The van der Waals surface area contributed by atoms with E-state index in [-0.39, 0.29) is 0 Å². The zero-order valence-corrected chi connectivity index (χ0v) is 15.4. The highest BCUT2D eigenvalue weighted by Gasteiger charge is 2.07. The minimum Gasteiger partial charge on any atom is -0.409 e. The summed E-state index contributed by atoms with van der Waals surface area (Å²) in [6, 6.07) is 14.6. The van der Waals surface area contributed by atoms with E-state index in [0.717, 1.165) is 16.9 Å². The molecule has 4 rings (SSSR count). The monoisotopic (exact) mass is 389 g/mol. The van der Waals surface area contributed by atoms with Crippen molar-refractivity contribution < 1.29 is 9.53 Å². The fraction of sp³-hybridized carbons (Fsp3) is 0. The minimum absolute atomic E-state index is 0.444. The van der Waals surface area contributed by atoms with Crippen LogP contribution in [0.15, 0.2) is 77.9 Å². The molecule has 3 heterocycles. The number of thiophene rings is 1. The van der Waals surface area contributed by atoms with Gasteiger partial charge in [0.2, 0.25) is 5.95 Å². The summed E-state index contributed by atoms with van der Waals surface area (Å²) in [6.45, 7) is 0. The molecule has 0 unspecified atom stereocenters. The number of ether oxygens (including phenoxy) is 1. The average Bonchev–Trinajstić information content (AvgIpc) is 3.22. The summed E-state index contributed by atoms with van der Waals surface area (Å²) in [4.78, 5) is 24.8. The van der Waals surface area contributed by atoms with Crippen LogP contribution in [0.5, 0.6) is 5.75 Å². The number of hydrogen-bond donors (Lipinski definition) is 2. The maximum absolute atomic E-state index is 12.0. The quantitative estimate of drug-likeness (QED) is 0.502. The molecule has 1 aromatic carbocycles. The van der Waals surface area contributed by atoms with E-state index in [4.69, 9.17) is 4.74 Å². The second-order valence-electron chi connectivity index (χ2n) is 5.69. The summed E-state index contributed by atoms with van der Waals surface area (Å²) in [6.07, 6.45) is 4.59. The van der Waals surface area contributed by atoms with Gasteiger partial charge in [-0.25, -0.2) is 14.8 Å². The second kappa shape index (κ2) is 8.28. The molecule has 28 heavy (non-hydrogen) atoms. The SMILES string of the molecule is O=C(Nc1cccc(Nc2nccc(-c3cccnc3)n2)c1)Oc1ccsc1. The van der Waals surface area contributed by atoms with Gasteiger partial charge in [0.25, 0.3) is 0 Å². The van der Waals surface area contributed by atoms with Crippen LogP contribution in [0.1, 0.15) is 0 Å². The Hall–Kier alpha value is -3.78. The lowest BCUT2D eigenvalue weighted by atomic mass is 10.2. The van der Waals surface area contributed by atoms with Crippen molar-refractivity contribution in [2.24, 2.45) is 0 Å². The van der Waals surface area contributed by atoms with Gasteiger partial charge in [-0.1, -0.05) is 6.07 Å². The van der Waals surface area contributed by atoms with E-state index < -0.39 is 6.09 Å². The number of rotatable bonds is 5. The van der Waals surface area contributed by atoms with Gasteiger partial charge < -0.3 is 10.1 Å². The van der Waals surface area contributed by atoms with Gasteiger partial charge in [0, 0.05) is 40.9 Å². The van der Waals surface area contributed by atoms with Crippen LogP contribution < -0.4 is 15.4 Å². The highest BCUT2D eigenvalue weighted by Crippen LogP contribution is 2.21. The Bertz CT molecular complexity index is 1070. The molecule has 3 aromatic heterocycles. The molecule has 0 aliphatic rings. The number of carbonyl (C=O) groups is 1. The summed E-state index contributed by atoms with van der Waals surface area (Å²) in [7, 11) is 0. The summed E-state index contributed by atoms with van der Waals surface area (Å²) in [5.41, 5.74) is 2.99.